The molecule has 1 rings (SSSR count). The molecule has 116 valence electrons. The van der Waals surface area contributed by atoms with Gasteiger partial charge in [-0.15, -0.1) is 6.58 Å². The van der Waals surface area contributed by atoms with Crippen molar-refractivity contribution in [2.45, 2.75) is 11.8 Å². The summed E-state index contributed by atoms with van der Waals surface area (Å²) in [5.74, 6) is -1.06. The van der Waals surface area contributed by atoms with Crippen LogP contribution in [0.1, 0.15) is 6.92 Å². The summed E-state index contributed by atoms with van der Waals surface area (Å²) in [6.45, 7) is 4.73. The summed E-state index contributed by atoms with van der Waals surface area (Å²) < 4.78 is 31.9. The van der Waals surface area contributed by atoms with Crippen LogP contribution in [0.4, 0.5) is 0 Å². The number of hydrogen-bond acceptors (Lipinski definition) is 4. The maximum atomic E-state index is 12.6. The Morgan fingerprint density at radius 2 is 2.19 bits per heavy atom. The van der Waals surface area contributed by atoms with Crippen LogP contribution >= 0.6 is 15.9 Å². The van der Waals surface area contributed by atoms with Crippen molar-refractivity contribution in [3.8, 4) is 5.75 Å². The van der Waals surface area contributed by atoms with E-state index in [9.17, 15) is 13.2 Å². The Morgan fingerprint density at radius 3 is 2.71 bits per heavy atom. The molecule has 0 saturated carbocycles. The molecular weight excluding hydrogens is 362 g/mol. The molecule has 0 heterocycles. The molecule has 0 aliphatic carbocycles. The molecular formula is C13H16BrNO5S. The molecule has 0 aromatic heterocycles. The quantitative estimate of drug-likeness (QED) is 0.701. The lowest BCUT2D eigenvalue weighted by molar-refractivity contribution is -0.137. The zero-order chi connectivity index (χ0) is 16.0. The Morgan fingerprint density at radius 1 is 1.52 bits per heavy atom. The third-order valence-corrected chi connectivity index (χ3v) is 4.79. The number of hydrogen-bond donors (Lipinski definition) is 1. The van der Waals surface area contributed by atoms with Gasteiger partial charge in [-0.3, -0.25) is 4.79 Å². The first-order valence-electron chi connectivity index (χ1n) is 6.08. The SMILES string of the molecule is C=CCN(CC(=O)O)S(=O)(=O)c1cc(Br)ccc1OCC. The lowest BCUT2D eigenvalue weighted by Crippen LogP contribution is -2.36. The first-order valence-corrected chi connectivity index (χ1v) is 8.31. The van der Waals surface area contributed by atoms with Crippen LogP contribution in [0.2, 0.25) is 0 Å². The van der Waals surface area contributed by atoms with E-state index in [2.05, 4.69) is 22.5 Å². The van der Waals surface area contributed by atoms with Crippen molar-refractivity contribution in [2.75, 3.05) is 19.7 Å². The standard InChI is InChI=1S/C13H16BrNO5S/c1-3-7-15(9-13(16)17)21(18,19)12-8-10(14)5-6-11(12)20-4-2/h3,5-6,8H,1,4,7,9H2,2H3,(H,16,17). The lowest BCUT2D eigenvalue weighted by Gasteiger charge is -2.20. The fraction of sp³-hybridized carbons (Fsp3) is 0.308. The zero-order valence-corrected chi connectivity index (χ0v) is 13.9. The molecule has 0 unspecified atom stereocenters. The van der Waals surface area contributed by atoms with Crippen LogP contribution in [0.5, 0.6) is 5.75 Å². The number of sulfonamides is 1. The van der Waals surface area contributed by atoms with E-state index in [1.807, 2.05) is 0 Å². The van der Waals surface area contributed by atoms with Crippen LogP contribution in [0.15, 0.2) is 40.2 Å². The number of benzene rings is 1. The van der Waals surface area contributed by atoms with Gasteiger partial charge in [-0.2, -0.15) is 4.31 Å². The van der Waals surface area contributed by atoms with Gasteiger partial charge in [-0.25, -0.2) is 8.42 Å². The third-order valence-electron chi connectivity index (χ3n) is 2.47. The number of carboxylic acid groups (broad SMARTS) is 1. The van der Waals surface area contributed by atoms with Crippen molar-refractivity contribution in [2.24, 2.45) is 0 Å². The minimum atomic E-state index is -4.01. The summed E-state index contributed by atoms with van der Waals surface area (Å²) in [4.78, 5) is 10.8. The van der Waals surface area contributed by atoms with E-state index in [0.717, 1.165) is 4.31 Å². The summed E-state index contributed by atoms with van der Waals surface area (Å²) in [7, 11) is -4.01. The fourth-order valence-corrected chi connectivity index (χ4v) is 3.67. The molecule has 0 aliphatic rings. The lowest BCUT2D eigenvalue weighted by atomic mass is 10.3. The Kier molecular flexibility index (Phi) is 6.38. The van der Waals surface area contributed by atoms with Crippen molar-refractivity contribution in [1.82, 2.24) is 4.31 Å². The minimum absolute atomic E-state index is 0.0816. The van der Waals surface area contributed by atoms with E-state index in [4.69, 9.17) is 9.84 Å². The van der Waals surface area contributed by atoms with Crippen molar-refractivity contribution < 1.29 is 23.1 Å². The molecule has 1 aromatic carbocycles. The predicted octanol–water partition coefficient (Wildman–Crippen LogP) is 2.11. The molecule has 21 heavy (non-hydrogen) atoms. The van der Waals surface area contributed by atoms with Gasteiger partial charge in [0.2, 0.25) is 10.0 Å². The van der Waals surface area contributed by atoms with E-state index >= 15 is 0 Å². The Balaban J connectivity index is 3.35. The van der Waals surface area contributed by atoms with Gasteiger partial charge in [0.15, 0.2) is 0 Å². The summed E-state index contributed by atoms with van der Waals surface area (Å²) in [5.41, 5.74) is 0. The van der Waals surface area contributed by atoms with E-state index < -0.39 is 22.5 Å². The first-order chi connectivity index (χ1) is 9.82. The smallest absolute Gasteiger partial charge is 0.318 e. The van der Waals surface area contributed by atoms with Crippen LogP contribution in [-0.4, -0.2) is 43.5 Å². The molecule has 0 spiro atoms. The van der Waals surface area contributed by atoms with Gasteiger partial charge in [0.05, 0.1) is 6.61 Å². The normalized spacial score (nSPS) is 11.4. The molecule has 1 aromatic rings. The largest absolute Gasteiger partial charge is 0.492 e. The summed E-state index contributed by atoms with van der Waals surface area (Å²) in [5, 5.41) is 8.87. The van der Waals surface area contributed by atoms with Gasteiger partial charge in [-0.1, -0.05) is 22.0 Å². The average Bonchev–Trinajstić information content (AvgIpc) is 2.40. The Bertz CT molecular complexity index is 629. The van der Waals surface area contributed by atoms with Crippen LogP contribution in [-0.2, 0) is 14.8 Å². The molecule has 0 bridgehead atoms. The topological polar surface area (TPSA) is 83.9 Å². The van der Waals surface area contributed by atoms with Crippen LogP contribution in [0.25, 0.3) is 0 Å². The Hall–Kier alpha value is -1.38. The van der Waals surface area contributed by atoms with E-state index in [0.29, 0.717) is 11.1 Å². The maximum Gasteiger partial charge on any atom is 0.318 e. The van der Waals surface area contributed by atoms with Crippen molar-refractivity contribution >= 4 is 31.9 Å². The number of ether oxygens (including phenoxy) is 1. The number of nitrogens with zero attached hydrogens (tertiary/aromatic N) is 1. The highest BCUT2D eigenvalue weighted by atomic mass is 79.9. The van der Waals surface area contributed by atoms with Gasteiger partial charge in [0, 0.05) is 11.0 Å². The number of carbonyl (C=O) groups is 1. The molecule has 1 N–H and O–H groups in total. The molecule has 6 nitrogen and oxygen atoms in total. The monoisotopic (exact) mass is 377 g/mol. The summed E-state index contributed by atoms with van der Waals surface area (Å²) in [6.07, 6.45) is 1.33. The Labute approximate surface area is 132 Å². The molecule has 8 heteroatoms. The van der Waals surface area contributed by atoms with Gasteiger partial charge in [0.1, 0.15) is 17.2 Å². The molecule has 0 atom stereocenters. The van der Waals surface area contributed by atoms with Crippen molar-refractivity contribution in [3.63, 3.8) is 0 Å². The van der Waals surface area contributed by atoms with E-state index in [-0.39, 0.29) is 17.2 Å². The van der Waals surface area contributed by atoms with Gasteiger partial charge < -0.3 is 9.84 Å². The van der Waals surface area contributed by atoms with Gasteiger partial charge >= 0.3 is 5.97 Å². The fourth-order valence-electron chi connectivity index (χ4n) is 1.64. The highest BCUT2D eigenvalue weighted by molar-refractivity contribution is 9.10. The van der Waals surface area contributed by atoms with Crippen LogP contribution in [0.3, 0.4) is 0 Å². The van der Waals surface area contributed by atoms with Gasteiger partial charge in [0.25, 0.3) is 0 Å². The summed E-state index contributed by atoms with van der Waals surface area (Å²) >= 11 is 3.20. The van der Waals surface area contributed by atoms with Crippen LogP contribution < -0.4 is 4.74 Å². The first kappa shape index (κ1) is 17.7. The predicted molar refractivity (Wildman–Crippen MR) is 81.9 cm³/mol. The summed E-state index contributed by atoms with van der Waals surface area (Å²) in [6, 6.07) is 4.56. The molecule has 0 saturated heterocycles. The number of aliphatic carboxylic acids is 1. The second kappa shape index (κ2) is 7.58. The van der Waals surface area contributed by atoms with E-state index in [1.165, 1.54) is 18.2 Å². The maximum absolute atomic E-state index is 12.6. The average molecular weight is 378 g/mol. The second-order valence-electron chi connectivity index (χ2n) is 4.00. The van der Waals surface area contributed by atoms with Crippen molar-refractivity contribution in [3.05, 3.63) is 35.3 Å². The zero-order valence-electron chi connectivity index (χ0n) is 11.5. The number of rotatable bonds is 8. The number of halogens is 1. The van der Waals surface area contributed by atoms with E-state index in [1.54, 1.807) is 13.0 Å². The highest BCUT2D eigenvalue weighted by Gasteiger charge is 2.29. The molecule has 0 fully saturated rings. The van der Waals surface area contributed by atoms with Gasteiger partial charge in [-0.05, 0) is 25.1 Å². The molecule has 0 radical (unpaired) electrons. The number of carboxylic acids is 1. The van der Waals surface area contributed by atoms with Crippen LogP contribution in [0, 0.1) is 0 Å². The molecule has 0 amide bonds. The third kappa shape index (κ3) is 4.55. The second-order valence-corrected chi connectivity index (χ2v) is 6.83. The minimum Gasteiger partial charge on any atom is -0.492 e. The highest BCUT2D eigenvalue weighted by Crippen LogP contribution is 2.30. The van der Waals surface area contributed by atoms with Crippen molar-refractivity contribution in [1.29, 1.82) is 0 Å². The molecule has 0 aliphatic heterocycles.